The van der Waals surface area contributed by atoms with Crippen LogP contribution in [-0.4, -0.2) is 32.8 Å². The van der Waals surface area contributed by atoms with Gasteiger partial charge in [-0.3, -0.25) is 0 Å². The highest BCUT2D eigenvalue weighted by Crippen LogP contribution is 2.31. The molecule has 0 saturated heterocycles. The van der Waals surface area contributed by atoms with E-state index in [1.807, 2.05) is 0 Å². The summed E-state index contributed by atoms with van der Waals surface area (Å²) in [5.74, 6) is -0.942. The zero-order valence-electron chi connectivity index (χ0n) is 8.87. The number of hydrogen-bond acceptors (Lipinski definition) is 2. The fourth-order valence-electron chi connectivity index (χ4n) is 1.58. The first-order valence-corrected chi connectivity index (χ1v) is 4.70. The van der Waals surface area contributed by atoms with Gasteiger partial charge in [-0.25, -0.2) is 8.78 Å². The second-order valence-corrected chi connectivity index (χ2v) is 3.73. The predicted molar refractivity (Wildman–Crippen MR) is 50.7 cm³/mol. The minimum atomic E-state index is -1.27. The molecule has 0 amide bonds. The standard InChI is InChI=1S/C8H12F2O.C2H6O/c1-5-2-7(9)6(4-11)8(10)3-5;1-3-2/h4-8H,2-3H2,1H3;1-2H3. The van der Waals surface area contributed by atoms with Gasteiger partial charge < -0.3 is 9.53 Å². The van der Waals surface area contributed by atoms with Crippen molar-refractivity contribution in [1.29, 1.82) is 0 Å². The molecule has 1 saturated carbocycles. The zero-order valence-corrected chi connectivity index (χ0v) is 8.87. The molecule has 0 N–H and O–H groups in total. The highest BCUT2D eigenvalue weighted by molar-refractivity contribution is 5.55. The lowest BCUT2D eigenvalue weighted by Gasteiger charge is -2.29. The summed E-state index contributed by atoms with van der Waals surface area (Å²) < 4.78 is 30.0. The molecule has 0 spiro atoms. The molecule has 1 fully saturated rings. The number of rotatable bonds is 1. The van der Waals surface area contributed by atoms with Crippen LogP contribution in [0.1, 0.15) is 19.8 Å². The second kappa shape index (κ2) is 6.87. The van der Waals surface area contributed by atoms with Gasteiger partial charge >= 0.3 is 0 Å². The van der Waals surface area contributed by atoms with Crippen LogP contribution in [0, 0.1) is 11.8 Å². The third-order valence-corrected chi connectivity index (χ3v) is 2.25. The molecule has 0 heterocycles. The van der Waals surface area contributed by atoms with Crippen molar-refractivity contribution in [2.24, 2.45) is 11.8 Å². The Balaban J connectivity index is 0.000000500. The molecule has 2 atom stereocenters. The van der Waals surface area contributed by atoms with Crippen molar-refractivity contribution in [3.63, 3.8) is 0 Å². The van der Waals surface area contributed by atoms with Crippen LogP contribution in [0.15, 0.2) is 0 Å². The first-order valence-electron chi connectivity index (χ1n) is 4.70. The van der Waals surface area contributed by atoms with E-state index < -0.39 is 18.3 Å². The van der Waals surface area contributed by atoms with Crippen molar-refractivity contribution in [3.05, 3.63) is 0 Å². The number of carbonyl (C=O) groups excluding carboxylic acids is 1. The minimum absolute atomic E-state index is 0.0659. The maximum absolute atomic E-state index is 12.9. The Bertz CT molecular complexity index is 152. The van der Waals surface area contributed by atoms with E-state index >= 15 is 0 Å². The van der Waals surface area contributed by atoms with Crippen molar-refractivity contribution >= 4 is 6.29 Å². The Kier molecular flexibility index (Phi) is 6.62. The largest absolute Gasteiger partial charge is 0.388 e. The van der Waals surface area contributed by atoms with Gasteiger partial charge in [0.25, 0.3) is 0 Å². The van der Waals surface area contributed by atoms with E-state index in [9.17, 15) is 13.6 Å². The lowest BCUT2D eigenvalue weighted by molar-refractivity contribution is -0.117. The molecule has 0 bridgehead atoms. The van der Waals surface area contributed by atoms with Gasteiger partial charge in [-0.05, 0) is 18.8 Å². The molecule has 1 aliphatic carbocycles. The highest BCUT2D eigenvalue weighted by Gasteiger charge is 2.36. The van der Waals surface area contributed by atoms with Gasteiger partial charge in [0.15, 0.2) is 0 Å². The van der Waals surface area contributed by atoms with Gasteiger partial charge in [0.05, 0.1) is 5.92 Å². The van der Waals surface area contributed by atoms with Gasteiger partial charge in [0.1, 0.15) is 18.6 Å². The molecule has 1 aliphatic rings. The fourth-order valence-corrected chi connectivity index (χ4v) is 1.58. The lowest BCUT2D eigenvalue weighted by Crippen LogP contribution is -2.35. The SMILES string of the molecule is CC1CC(F)C(C=O)C(F)C1.COC. The molecule has 84 valence electrons. The maximum atomic E-state index is 12.9. The van der Waals surface area contributed by atoms with Crippen LogP contribution in [0.2, 0.25) is 0 Å². The van der Waals surface area contributed by atoms with Crippen LogP contribution in [-0.2, 0) is 9.53 Å². The van der Waals surface area contributed by atoms with E-state index in [-0.39, 0.29) is 5.92 Å². The van der Waals surface area contributed by atoms with Crippen LogP contribution in [0.3, 0.4) is 0 Å². The normalized spacial score (nSPS) is 36.9. The molecule has 4 heteroatoms. The van der Waals surface area contributed by atoms with Crippen molar-refractivity contribution in [2.75, 3.05) is 14.2 Å². The minimum Gasteiger partial charge on any atom is -0.388 e. The smallest absolute Gasteiger partial charge is 0.128 e. The van der Waals surface area contributed by atoms with Crippen molar-refractivity contribution in [3.8, 4) is 0 Å². The average Bonchev–Trinajstić information content (AvgIpc) is 2.04. The summed E-state index contributed by atoms with van der Waals surface area (Å²) in [5.41, 5.74) is 0. The second-order valence-electron chi connectivity index (χ2n) is 3.73. The van der Waals surface area contributed by atoms with Gasteiger partial charge in [0.2, 0.25) is 0 Å². The third-order valence-electron chi connectivity index (χ3n) is 2.25. The van der Waals surface area contributed by atoms with Crippen LogP contribution >= 0.6 is 0 Å². The molecule has 0 aliphatic heterocycles. The molecule has 2 nitrogen and oxygen atoms in total. The monoisotopic (exact) mass is 208 g/mol. The topological polar surface area (TPSA) is 26.3 Å². The number of carbonyl (C=O) groups is 1. The van der Waals surface area contributed by atoms with Crippen molar-refractivity contribution in [1.82, 2.24) is 0 Å². The fraction of sp³-hybridized carbons (Fsp3) is 0.900. The summed E-state index contributed by atoms with van der Waals surface area (Å²) in [6.07, 6.45) is -1.49. The molecule has 0 aromatic rings. The summed E-state index contributed by atoms with van der Waals surface area (Å²) in [5, 5.41) is 0. The summed E-state index contributed by atoms with van der Waals surface area (Å²) in [6.45, 7) is 1.81. The zero-order chi connectivity index (χ0) is 11.1. The number of ether oxygens (including phenoxy) is 1. The number of methoxy groups -OCH3 is 1. The Morgan fingerprint density at radius 1 is 1.21 bits per heavy atom. The summed E-state index contributed by atoms with van der Waals surface area (Å²) >= 11 is 0. The molecule has 0 aromatic carbocycles. The van der Waals surface area contributed by atoms with E-state index in [2.05, 4.69) is 4.74 Å². The molecular formula is C10H18F2O2. The third kappa shape index (κ3) is 4.13. The number of hydrogen-bond donors (Lipinski definition) is 0. The Hall–Kier alpha value is -0.510. The first-order chi connectivity index (χ1) is 6.56. The molecule has 2 unspecified atom stereocenters. The first kappa shape index (κ1) is 13.5. The number of aldehydes is 1. The molecule has 1 rings (SSSR count). The average molecular weight is 208 g/mol. The predicted octanol–water partition coefficient (Wildman–Crippen LogP) is 2.17. The lowest BCUT2D eigenvalue weighted by atomic mass is 9.81. The Morgan fingerprint density at radius 2 is 1.57 bits per heavy atom. The summed E-state index contributed by atoms with van der Waals surface area (Å²) in [6, 6.07) is 0. The maximum Gasteiger partial charge on any atom is 0.128 e. The summed E-state index contributed by atoms with van der Waals surface area (Å²) in [4.78, 5) is 10.2. The van der Waals surface area contributed by atoms with Gasteiger partial charge in [-0.1, -0.05) is 6.92 Å². The quantitative estimate of drug-likeness (QED) is 0.617. The molecule has 0 radical (unpaired) electrons. The van der Waals surface area contributed by atoms with Crippen LogP contribution in [0.25, 0.3) is 0 Å². The molecule has 0 aromatic heterocycles. The van der Waals surface area contributed by atoms with Gasteiger partial charge in [0, 0.05) is 14.2 Å². The Labute approximate surface area is 83.6 Å². The van der Waals surface area contributed by atoms with E-state index in [0.29, 0.717) is 19.1 Å². The van der Waals surface area contributed by atoms with E-state index in [1.165, 1.54) is 0 Å². The van der Waals surface area contributed by atoms with Gasteiger partial charge in [-0.15, -0.1) is 0 Å². The molecular weight excluding hydrogens is 190 g/mol. The van der Waals surface area contributed by atoms with Crippen LogP contribution in [0.4, 0.5) is 8.78 Å². The van der Waals surface area contributed by atoms with E-state index in [1.54, 1.807) is 21.1 Å². The van der Waals surface area contributed by atoms with Crippen molar-refractivity contribution in [2.45, 2.75) is 32.1 Å². The van der Waals surface area contributed by atoms with E-state index in [0.717, 1.165) is 0 Å². The highest BCUT2D eigenvalue weighted by atomic mass is 19.1. The van der Waals surface area contributed by atoms with Crippen LogP contribution < -0.4 is 0 Å². The van der Waals surface area contributed by atoms with Crippen LogP contribution in [0.5, 0.6) is 0 Å². The molecule has 14 heavy (non-hydrogen) atoms. The summed E-state index contributed by atoms with van der Waals surface area (Å²) in [7, 11) is 3.25. The van der Waals surface area contributed by atoms with E-state index in [4.69, 9.17) is 0 Å². The van der Waals surface area contributed by atoms with Crippen molar-refractivity contribution < 1.29 is 18.3 Å². The van der Waals surface area contributed by atoms with Gasteiger partial charge in [-0.2, -0.15) is 0 Å². The number of halogens is 2. The Morgan fingerprint density at radius 3 is 1.86 bits per heavy atom. The number of alkyl halides is 2.